The molecule has 1 aromatic rings. The third-order valence-corrected chi connectivity index (χ3v) is 1.86. The first-order chi connectivity index (χ1) is 6.19. The summed E-state index contributed by atoms with van der Waals surface area (Å²) in [7, 11) is 1.54. The third kappa shape index (κ3) is 1.96. The van der Waals surface area contributed by atoms with Gasteiger partial charge in [0.2, 0.25) is 0 Å². The zero-order chi connectivity index (χ0) is 9.84. The van der Waals surface area contributed by atoms with E-state index in [4.69, 9.17) is 4.74 Å². The Morgan fingerprint density at radius 2 is 2.23 bits per heavy atom. The molecule has 0 heterocycles. The molecule has 0 atom stereocenters. The van der Waals surface area contributed by atoms with Crippen molar-refractivity contribution in [2.75, 3.05) is 7.11 Å². The molecular formula is C9H11NO3. The van der Waals surface area contributed by atoms with Crippen LogP contribution in [0.5, 0.6) is 5.75 Å². The highest BCUT2D eigenvalue weighted by Gasteiger charge is 2.12. The second-order valence-electron chi connectivity index (χ2n) is 2.61. The Morgan fingerprint density at radius 3 is 2.69 bits per heavy atom. The minimum absolute atomic E-state index is 0.156. The number of nitro groups is 1. The number of nitro benzene ring substituents is 1. The van der Waals surface area contributed by atoms with E-state index in [-0.39, 0.29) is 10.6 Å². The second kappa shape index (κ2) is 3.89. The van der Waals surface area contributed by atoms with Gasteiger partial charge >= 0.3 is 0 Å². The van der Waals surface area contributed by atoms with Crippen molar-refractivity contribution in [1.29, 1.82) is 0 Å². The lowest BCUT2D eigenvalue weighted by Crippen LogP contribution is -1.95. The fourth-order valence-corrected chi connectivity index (χ4v) is 1.15. The van der Waals surface area contributed by atoms with Gasteiger partial charge in [-0.15, -0.1) is 0 Å². The number of rotatable bonds is 3. The fraction of sp³-hybridized carbons (Fsp3) is 0.333. The molecule has 0 aliphatic carbocycles. The summed E-state index contributed by atoms with van der Waals surface area (Å²) in [5, 5.41) is 10.5. The van der Waals surface area contributed by atoms with E-state index in [9.17, 15) is 10.1 Å². The van der Waals surface area contributed by atoms with E-state index < -0.39 is 0 Å². The van der Waals surface area contributed by atoms with Gasteiger partial charge in [-0.05, 0) is 18.6 Å². The van der Waals surface area contributed by atoms with Crippen LogP contribution in [0.1, 0.15) is 12.5 Å². The monoisotopic (exact) mass is 181 g/mol. The van der Waals surface area contributed by atoms with E-state index in [2.05, 4.69) is 0 Å². The summed E-state index contributed by atoms with van der Waals surface area (Å²) in [6.45, 7) is 1.88. The van der Waals surface area contributed by atoms with Crippen molar-refractivity contribution in [3.8, 4) is 5.75 Å². The Labute approximate surface area is 76.3 Å². The Morgan fingerprint density at radius 1 is 1.54 bits per heavy atom. The smallest absolute Gasteiger partial charge is 0.272 e. The number of aryl methyl sites for hydroxylation is 1. The lowest BCUT2D eigenvalue weighted by atomic mass is 10.1. The topological polar surface area (TPSA) is 52.4 Å². The summed E-state index contributed by atoms with van der Waals surface area (Å²) in [6, 6.07) is 4.76. The molecule has 0 aliphatic heterocycles. The van der Waals surface area contributed by atoms with Crippen molar-refractivity contribution in [1.82, 2.24) is 0 Å². The van der Waals surface area contributed by atoms with Crippen LogP contribution in [-0.2, 0) is 6.42 Å². The standard InChI is InChI=1S/C9H11NO3/c1-3-7-6-8(13-2)4-5-9(7)10(11)12/h4-6H,3H2,1-2H3. The minimum Gasteiger partial charge on any atom is -0.497 e. The Bertz CT molecular complexity index is 323. The zero-order valence-corrected chi connectivity index (χ0v) is 7.61. The minimum atomic E-state index is -0.377. The number of methoxy groups -OCH3 is 1. The number of hydrogen-bond acceptors (Lipinski definition) is 3. The maximum absolute atomic E-state index is 10.5. The Hall–Kier alpha value is -1.58. The molecule has 0 bridgehead atoms. The normalized spacial score (nSPS) is 9.69. The predicted octanol–water partition coefficient (Wildman–Crippen LogP) is 2.17. The molecule has 4 heteroatoms. The first-order valence-corrected chi connectivity index (χ1v) is 4.00. The molecule has 1 rings (SSSR count). The van der Waals surface area contributed by atoms with Crippen molar-refractivity contribution in [3.63, 3.8) is 0 Å². The third-order valence-electron chi connectivity index (χ3n) is 1.86. The number of nitrogens with zero attached hydrogens (tertiary/aromatic N) is 1. The van der Waals surface area contributed by atoms with Gasteiger partial charge in [-0.2, -0.15) is 0 Å². The molecule has 0 aliphatic rings. The lowest BCUT2D eigenvalue weighted by Gasteiger charge is -2.02. The van der Waals surface area contributed by atoms with Crippen LogP contribution in [0.4, 0.5) is 5.69 Å². The molecule has 0 N–H and O–H groups in total. The van der Waals surface area contributed by atoms with Gasteiger partial charge in [0.15, 0.2) is 0 Å². The molecule has 1 aromatic carbocycles. The van der Waals surface area contributed by atoms with Crippen LogP contribution in [0.25, 0.3) is 0 Å². The van der Waals surface area contributed by atoms with Gasteiger partial charge < -0.3 is 4.74 Å². The largest absolute Gasteiger partial charge is 0.497 e. The van der Waals surface area contributed by atoms with Gasteiger partial charge in [-0.1, -0.05) is 6.92 Å². The SMILES string of the molecule is CCc1cc(OC)ccc1[N+](=O)[O-]. The van der Waals surface area contributed by atoms with Crippen LogP contribution < -0.4 is 4.74 Å². The lowest BCUT2D eigenvalue weighted by molar-refractivity contribution is -0.385. The van der Waals surface area contributed by atoms with E-state index in [0.717, 1.165) is 0 Å². The van der Waals surface area contributed by atoms with Crippen LogP contribution in [0.2, 0.25) is 0 Å². The molecule has 0 aromatic heterocycles. The van der Waals surface area contributed by atoms with E-state index in [0.29, 0.717) is 17.7 Å². The van der Waals surface area contributed by atoms with Crippen LogP contribution in [0, 0.1) is 10.1 Å². The van der Waals surface area contributed by atoms with Crippen molar-refractivity contribution in [3.05, 3.63) is 33.9 Å². The highest BCUT2D eigenvalue weighted by molar-refractivity contribution is 5.45. The quantitative estimate of drug-likeness (QED) is 0.530. The van der Waals surface area contributed by atoms with E-state index >= 15 is 0 Å². The van der Waals surface area contributed by atoms with Crippen molar-refractivity contribution >= 4 is 5.69 Å². The Balaban J connectivity index is 3.15. The summed E-state index contributed by atoms with van der Waals surface area (Å²) in [5.41, 5.74) is 0.854. The highest BCUT2D eigenvalue weighted by atomic mass is 16.6. The van der Waals surface area contributed by atoms with Crippen molar-refractivity contribution < 1.29 is 9.66 Å². The van der Waals surface area contributed by atoms with Crippen molar-refractivity contribution in [2.24, 2.45) is 0 Å². The summed E-state index contributed by atoms with van der Waals surface area (Å²) in [6.07, 6.45) is 0.632. The first-order valence-electron chi connectivity index (χ1n) is 4.00. The van der Waals surface area contributed by atoms with Gasteiger partial charge in [-0.25, -0.2) is 0 Å². The maximum Gasteiger partial charge on any atom is 0.272 e. The molecule has 70 valence electrons. The molecule has 0 saturated carbocycles. The van der Waals surface area contributed by atoms with Gasteiger partial charge in [0, 0.05) is 11.6 Å². The van der Waals surface area contributed by atoms with E-state index in [1.807, 2.05) is 6.92 Å². The van der Waals surface area contributed by atoms with Crippen LogP contribution in [0.3, 0.4) is 0 Å². The fourth-order valence-electron chi connectivity index (χ4n) is 1.15. The molecule has 0 amide bonds. The molecular weight excluding hydrogens is 170 g/mol. The summed E-state index contributed by atoms with van der Waals surface area (Å²) < 4.78 is 4.97. The summed E-state index contributed by atoms with van der Waals surface area (Å²) in [5.74, 6) is 0.655. The molecule has 0 fully saturated rings. The van der Waals surface area contributed by atoms with Crippen molar-refractivity contribution in [2.45, 2.75) is 13.3 Å². The van der Waals surface area contributed by atoms with Crippen LogP contribution in [-0.4, -0.2) is 12.0 Å². The number of hydrogen-bond donors (Lipinski definition) is 0. The van der Waals surface area contributed by atoms with E-state index in [1.54, 1.807) is 19.2 Å². The second-order valence-corrected chi connectivity index (χ2v) is 2.61. The summed E-state index contributed by atoms with van der Waals surface area (Å²) in [4.78, 5) is 10.2. The predicted molar refractivity (Wildman–Crippen MR) is 49.0 cm³/mol. The van der Waals surface area contributed by atoms with Crippen LogP contribution >= 0.6 is 0 Å². The van der Waals surface area contributed by atoms with Gasteiger partial charge in [0.05, 0.1) is 12.0 Å². The molecule has 4 nitrogen and oxygen atoms in total. The number of benzene rings is 1. The van der Waals surface area contributed by atoms with Gasteiger partial charge in [-0.3, -0.25) is 10.1 Å². The molecule has 0 radical (unpaired) electrons. The summed E-state index contributed by atoms with van der Waals surface area (Å²) >= 11 is 0. The molecule has 13 heavy (non-hydrogen) atoms. The molecule has 0 saturated heterocycles. The van der Waals surface area contributed by atoms with Gasteiger partial charge in [0.1, 0.15) is 5.75 Å². The first kappa shape index (κ1) is 9.51. The van der Waals surface area contributed by atoms with Crippen LogP contribution in [0.15, 0.2) is 18.2 Å². The van der Waals surface area contributed by atoms with E-state index in [1.165, 1.54) is 6.07 Å². The van der Waals surface area contributed by atoms with Gasteiger partial charge in [0.25, 0.3) is 5.69 Å². The molecule has 0 unspecified atom stereocenters. The average molecular weight is 181 g/mol. The zero-order valence-electron chi connectivity index (χ0n) is 7.61. The Kier molecular flexibility index (Phi) is 2.84. The number of ether oxygens (including phenoxy) is 1. The highest BCUT2D eigenvalue weighted by Crippen LogP contribution is 2.23. The maximum atomic E-state index is 10.5. The average Bonchev–Trinajstić information content (AvgIpc) is 2.16. The molecule has 0 spiro atoms.